The van der Waals surface area contributed by atoms with Gasteiger partial charge in [-0.05, 0) is 42.5 Å². The lowest BCUT2D eigenvalue weighted by atomic mass is 10.2. The smallest absolute Gasteiger partial charge is 0.119 e. The molecule has 0 N–H and O–H groups in total. The van der Waals surface area contributed by atoms with Crippen LogP contribution in [0.1, 0.15) is 0 Å². The Morgan fingerprint density at radius 2 is 1.68 bits per heavy atom. The highest BCUT2D eigenvalue weighted by molar-refractivity contribution is 7.99. The van der Waals surface area contributed by atoms with Crippen molar-refractivity contribution >= 4 is 45.8 Å². The summed E-state index contributed by atoms with van der Waals surface area (Å²) in [5.74, 6) is 0. The summed E-state index contributed by atoms with van der Waals surface area (Å²) in [6.07, 6.45) is 0. The van der Waals surface area contributed by atoms with E-state index in [-0.39, 0.29) is 0 Å². The van der Waals surface area contributed by atoms with Gasteiger partial charge in [0, 0.05) is 14.8 Å². The van der Waals surface area contributed by atoms with E-state index in [1.165, 1.54) is 9.79 Å². The number of para-hydroxylation sites is 2. The Bertz CT molecular complexity index is 1090. The fourth-order valence-electron chi connectivity index (χ4n) is 3.11. The Hall–Kier alpha value is -2.50. The van der Waals surface area contributed by atoms with E-state index in [9.17, 15) is 0 Å². The predicted octanol–water partition coefficient (Wildman–Crippen LogP) is 5.35. The third-order valence-corrected chi connectivity index (χ3v) is 5.65. The van der Waals surface area contributed by atoms with Gasteiger partial charge in [-0.25, -0.2) is 4.68 Å². The average molecular weight is 365 g/mol. The number of nitrogens with zero attached hydrogens (tertiary/aromatic N) is 4. The van der Waals surface area contributed by atoms with Crippen molar-refractivity contribution in [2.45, 2.75) is 16.5 Å². The lowest BCUT2D eigenvalue weighted by Gasteiger charge is -2.32. The molecular formula is C19H13ClN4S. The van der Waals surface area contributed by atoms with Gasteiger partial charge in [0.2, 0.25) is 0 Å². The summed E-state index contributed by atoms with van der Waals surface area (Å²) in [5, 5.41) is 9.34. The summed E-state index contributed by atoms with van der Waals surface area (Å²) in [7, 11) is 0. The molecule has 6 heteroatoms. The van der Waals surface area contributed by atoms with Crippen LogP contribution in [-0.2, 0) is 6.67 Å². The van der Waals surface area contributed by atoms with Crippen molar-refractivity contribution in [3.05, 3.63) is 71.8 Å². The summed E-state index contributed by atoms with van der Waals surface area (Å²) >= 11 is 8.04. The number of fused-ring (bicyclic) bond motifs is 3. The van der Waals surface area contributed by atoms with Gasteiger partial charge in [0.15, 0.2) is 0 Å². The molecule has 0 bridgehead atoms. The van der Waals surface area contributed by atoms with Gasteiger partial charge in [0.25, 0.3) is 0 Å². The van der Waals surface area contributed by atoms with Crippen LogP contribution in [0.4, 0.5) is 11.4 Å². The molecule has 25 heavy (non-hydrogen) atoms. The topological polar surface area (TPSA) is 34.0 Å². The van der Waals surface area contributed by atoms with Crippen LogP contribution in [-0.4, -0.2) is 15.0 Å². The molecule has 0 saturated carbocycles. The molecule has 3 aromatic carbocycles. The SMILES string of the molecule is Clc1ccc2c(c1)N(Cn1nnc3ccccc31)c1ccccc1S2. The van der Waals surface area contributed by atoms with E-state index in [2.05, 4.69) is 45.5 Å². The fraction of sp³-hybridized carbons (Fsp3) is 0.0526. The summed E-state index contributed by atoms with van der Waals surface area (Å²) < 4.78 is 1.92. The zero-order valence-electron chi connectivity index (χ0n) is 13.1. The molecule has 0 spiro atoms. The number of hydrogen-bond donors (Lipinski definition) is 0. The van der Waals surface area contributed by atoms with Crippen LogP contribution in [0.3, 0.4) is 0 Å². The van der Waals surface area contributed by atoms with E-state index in [1.54, 1.807) is 11.8 Å². The monoisotopic (exact) mass is 364 g/mol. The molecule has 0 saturated heterocycles. The molecule has 0 fully saturated rings. The van der Waals surface area contributed by atoms with Crippen molar-refractivity contribution < 1.29 is 0 Å². The molecule has 0 aliphatic carbocycles. The third-order valence-electron chi connectivity index (χ3n) is 4.28. The minimum Gasteiger partial charge on any atom is -0.319 e. The molecule has 4 aromatic rings. The molecule has 1 aliphatic rings. The first kappa shape index (κ1) is 14.8. The number of rotatable bonds is 2. The maximum absolute atomic E-state index is 6.28. The first-order valence-electron chi connectivity index (χ1n) is 7.92. The number of benzene rings is 3. The standard InChI is InChI=1S/C19H13ClN4S/c20-13-9-10-19-17(11-13)23(16-7-3-4-8-18(16)25-19)12-24-15-6-2-1-5-14(15)21-22-24/h1-11H,12H2. The Kier molecular flexibility index (Phi) is 3.43. The second-order valence-electron chi connectivity index (χ2n) is 5.83. The minimum atomic E-state index is 0.575. The third kappa shape index (κ3) is 2.47. The van der Waals surface area contributed by atoms with Crippen LogP contribution in [0.15, 0.2) is 76.5 Å². The van der Waals surface area contributed by atoms with Gasteiger partial charge in [-0.15, -0.1) is 5.10 Å². The van der Waals surface area contributed by atoms with Crippen LogP contribution < -0.4 is 4.90 Å². The highest BCUT2D eigenvalue weighted by atomic mass is 35.5. The van der Waals surface area contributed by atoms with E-state index < -0.39 is 0 Å². The molecule has 0 amide bonds. The lowest BCUT2D eigenvalue weighted by Crippen LogP contribution is -2.24. The average Bonchev–Trinajstić information content (AvgIpc) is 3.05. The molecule has 5 rings (SSSR count). The predicted molar refractivity (Wildman–Crippen MR) is 102 cm³/mol. The molecule has 122 valence electrons. The first-order valence-corrected chi connectivity index (χ1v) is 9.11. The summed E-state index contributed by atoms with van der Waals surface area (Å²) in [4.78, 5) is 4.66. The normalized spacial score (nSPS) is 12.9. The van der Waals surface area contributed by atoms with Gasteiger partial charge in [-0.3, -0.25) is 0 Å². The van der Waals surface area contributed by atoms with Crippen LogP contribution >= 0.6 is 23.4 Å². The Morgan fingerprint density at radius 3 is 2.64 bits per heavy atom. The van der Waals surface area contributed by atoms with Crippen molar-refractivity contribution in [1.29, 1.82) is 0 Å². The Labute approximate surface area is 154 Å². The molecule has 0 atom stereocenters. The zero-order chi connectivity index (χ0) is 16.8. The minimum absolute atomic E-state index is 0.575. The van der Waals surface area contributed by atoms with E-state index in [0.29, 0.717) is 6.67 Å². The van der Waals surface area contributed by atoms with E-state index in [0.717, 1.165) is 27.4 Å². The van der Waals surface area contributed by atoms with Gasteiger partial charge in [0.1, 0.15) is 12.2 Å². The van der Waals surface area contributed by atoms with E-state index in [4.69, 9.17) is 11.6 Å². The Balaban J connectivity index is 1.66. The molecule has 1 aliphatic heterocycles. The lowest BCUT2D eigenvalue weighted by molar-refractivity contribution is 0.609. The number of hydrogen-bond acceptors (Lipinski definition) is 4. The molecule has 1 aromatic heterocycles. The van der Waals surface area contributed by atoms with E-state index in [1.807, 2.05) is 41.1 Å². The largest absolute Gasteiger partial charge is 0.319 e. The molecule has 2 heterocycles. The van der Waals surface area contributed by atoms with Crippen LogP contribution in [0, 0.1) is 0 Å². The number of halogens is 1. The van der Waals surface area contributed by atoms with Gasteiger partial charge >= 0.3 is 0 Å². The van der Waals surface area contributed by atoms with Crippen LogP contribution in [0.2, 0.25) is 5.02 Å². The van der Waals surface area contributed by atoms with Gasteiger partial charge in [0.05, 0.1) is 16.9 Å². The van der Waals surface area contributed by atoms with Crippen LogP contribution in [0.5, 0.6) is 0 Å². The fourth-order valence-corrected chi connectivity index (χ4v) is 4.35. The summed E-state index contributed by atoms with van der Waals surface area (Å²) in [5.41, 5.74) is 4.16. The van der Waals surface area contributed by atoms with Crippen molar-refractivity contribution in [3.8, 4) is 0 Å². The van der Waals surface area contributed by atoms with Crippen molar-refractivity contribution in [1.82, 2.24) is 15.0 Å². The highest BCUT2D eigenvalue weighted by Crippen LogP contribution is 2.48. The summed E-state index contributed by atoms with van der Waals surface area (Å²) in [6.45, 7) is 0.575. The quantitative estimate of drug-likeness (QED) is 0.480. The molecule has 4 nitrogen and oxygen atoms in total. The van der Waals surface area contributed by atoms with Crippen molar-refractivity contribution in [3.63, 3.8) is 0 Å². The maximum atomic E-state index is 6.28. The second-order valence-corrected chi connectivity index (χ2v) is 7.35. The van der Waals surface area contributed by atoms with Crippen molar-refractivity contribution in [2.75, 3.05) is 4.90 Å². The second kappa shape index (κ2) is 5.79. The number of aromatic nitrogens is 3. The number of anilines is 2. The van der Waals surface area contributed by atoms with E-state index >= 15 is 0 Å². The van der Waals surface area contributed by atoms with Gasteiger partial charge in [-0.1, -0.05) is 52.8 Å². The highest BCUT2D eigenvalue weighted by Gasteiger charge is 2.24. The van der Waals surface area contributed by atoms with Gasteiger partial charge < -0.3 is 4.90 Å². The first-order chi connectivity index (χ1) is 12.3. The van der Waals surface area contributed by atoms with Crippen molar-refractivity contribution in [2.24, 2.45) is 0 Å². The maximum Gasteiger partial charge on any atom is 0.119 e. The molecule has 0 radical (unpaired) electrons. The molecule has 0 unspecified atom stereocenters. The molecular weight excluding hydrogens is 352 g/mol. The van der Waals surface area contributed by atoms with Gasteiger partial charge in [-0.2, -0.15) is 0 Å². The Morgan fingerprint density at radius 1 is 0.880 bits per heavy atom. The summed E-state index contributed by atoms with van der Waals surface area (Å²) in [6, 6.07) is 22.4. The van der Waals surface area contributed by atoms with Crippen LogP contribution in [0.25, 0.3) is 11.0 Å². The zero-order valence-corrected chi connectivity index (χ0v) is 14.7.